The summed E-state index contributed by atoms with van der Waals surface area (Å²) >= 11 is 1.34. The summed E-state index contributed by atoms with van der Waals surface area (Å²) in [5, 5.41) is 11.6. The molecule has 2 N–H and O–H groups in total. The average molecular weight is 255 g/mol. The van der Waals surface area contributed by atoms with Gasteiger partial charge in [0.05, 0.1) is 5.51 Å². The summed E-state index contributed by atoms with van der Waals surface area (Å²) in [6.07, 6.45) is 0. The van der Waals surface area contributed by atoms with Gasteiger partial charge in [0, 0.05) is 30.4 Å². The van der Waals surface area contributed by atoms with Crippen LogP contribution in [0.15, 0.2) is 5.51 Å². The number of likely N-dealkylation sites (tertiary alicyclic amines) is 1. The first-order valence-corrected chi connectivity index (χ1v) is 6.21. The first-order chi connectivity index (χ1) is 8.13. The lowest BCUT2D eigenvalue weighted by molar-refractivity contribution is 0.0688. The van der Waals surface area contributed by atoms with E-state index in [9.17, 15) is 9.59 Å². The number of thiazole rings is 1. The van der Waals surface area contributed by atoms with E-state index in [2.05, 4.69) is 10.3 Å². The van der Waals surface area contributed by atoms with E-state index in [0.717, 1.165) is 4.88 Å². The highest BCUT2D eigenvalue weighted by atomic mass is 32.1. The van der Waals surface area contributed by atoms with Crippen LogP contribution in [0, 0.1) is 0 Å². The average Bonchev–Trinajstić information content (AvgIpc) is 2.64. The normalized spacial score (nSPS) is 15.5. The summed E-state index contributed by atoms with van der Waals surface area (Å²) in [7, 11) is 0. The Kier molecular flexibility index (Phi) is 3.28. The van der Waals surface area contributed by atoms with Gasteiger partial charge in [-0.1, -0.05) is 0 Å². The summed E-state index contributed by atoms with van der Waals surface area (Å²) in [5.41, 5.74) is 1.66. The van der Waals surface area contributed by atoms with E-state index >= 15 is 0 Å². The van der Waals surface area contributed by atoms with E-state index in [1.54, 1.807) is 4.90 Å². The summed E-state index contributed by atoms with van der Waals surface area (Å²) in [5.74, 6) is -0.895. The first kappa shape index (κ1) is 11.8. The molecule has 1 saturated heterocycles. The zero-order valence-corrected chi connectivity index (χ0v) is 10.2. The van der Waals surface area contributed by atoms with Crippen LogP contribution in [0.25, 0.3) is 0 Å². The molecule has 0 saturated carbocycles. The Labute approximate surface area is 102 Å². The number of hydrogen-bond donors (Lipinski definition) is 2. The maximum Gasteiger partial charge on any atom is 0.355 e. The number of urea groups is 1. The minimum atomic E-state index is -1.00. The van der Waals surface area contributed by atoms with Gasteiger partial charge in [-0.05, 0) is 6.92 Å². The van der Waals surface area contributed by atoms with Crippen molar-refractivity contribution < 1.29 is 14.7 Å². The zero-order chi connectivity index (χ0) is 12.4. The second-order valence-electron chi connectivity index (χ2n) is 3.81. The summed E-state index contributed by atoms with van der Waals surface area (Å²) < 4.78 is 0. The number of nitrogens with one attached hydrogen (secondary N) is 1. The van der Waals surface area contributed by atoms with Gasteiger partial charge >= 0.3 is 12.0 Å². The van der Waals surface area contributed by atoms with Crippen LogP contribution in [-0.2, 0) is 0 Å². The Morgan fingerprint density at radius 1 is 1.65 bits per heavy atom. The monoisotopic (exact) mass is 255 g/mol. The molecule has 1 aromatic heterocycles. The van der Waals surface area contributed by atoms with Gasteiger partial charge in [-0.25, -0.2) is 14.6 Å². The zero-order valence-electron chi connectivity index (χ0n) is 9.34. The Morgan fingerprint density at radius 2 is 2.35 bits per heavy atom. The smallest absolute Gasteiger partial charge is 0.355 e. The predicted molar refractivity (Wildman–Crippen MR) is 62.5 cm³/mol. The number of hydrogen-bond acceptors (Lipinski definition) is 4. The number of carbonyl (C=O) groups excluding carboxylic acids is 1. The number of carboxylic acids is 1. The SMILES string of the molecule is CCNC(=O)N1CC(c2scnc2C(=O)O)C1. The highest BCUT2D eigenvalue weighted by Crippen LogP contribution is 2.32. The maximum absolute atomic E-state index is 11.4. The molecule has 0 aromatic carbocycles. The molecule has 2 rings (SSSR count). The Morgan fingerprint density at radius 3 is 2.94 bits per heavy atom. The van der Waals surface area contributed by atoms with Crippen LogP contribution in [0.5, 0.6) is 0 Å². The van der Waals surface area contributed by atoms with Gasteiger partial charge in [0.2, 0.25) is 0 Å². The fraction of sp³-hybridized carbons (Fsp3) is 0.500. The van der Waals surface area contributed by atoms with Crippen LogP contribution < -0.4 is 5.32 Å². The highest BCUT2D eigenvalue weighted by Gasteiger charge is 2.35. The van der Waals surface area contributed by atoms with E-state index in [0.29, 0.717) is 19.6 Å². The molecule has 1 aliphatic heterocycles. The van der Waals surface area contributed by atoms with E-state index < -0.39 is 5.97 Å². The molecule has 0 unspecified atom stereocenters. The lowest BCUT2D eigenvalue weighted by atomic mass is 9.97. The summed E-state index contributed by atoms with van der Waals surface area (Å²) in [6.45, 7) is 3.59. The van der Waals surface area contributed by atoms with E-state index in [1.165, 1.54) is 16.8 Å². The van der Waals surface area contributed by atoms with Crippen molar-refractivity contribution in [2.24, 2.45) is 0 Å². The van der Waals surface area contributed by atoms with Crippen molar-refractivity contribution >= 4 is 23.3 Å². The highest BCUT2D eigenvalue weighted by molar-refractivity contribution is 7.10. The van der Waals surface area contributed by atoms with Crippen LogP contribution in [-0.4, -0.2) is 46.6 Å². The molecule has 1 aromatic rings. The van der Waals surface area contributed by atoms with Crippen LogP contribution in [0.4, 0.5) is 4.79 Å². The lowest BCUT2D eigenvalue weighted by Gasteiger charge is -2.38. The van der Waals surface area contributed by atoms with Crippen LogP contribution in [0.3, 0.4) is 0 Å². The molecule has 1 fully saturated rings. The van der Waals surface area contributed by atoms with Crippen molar-refractivity contribution in [2.75, 3.05) is 19.6 Å². The maximum atomic E-state index is 11.4. The molecule has 2 amide bonds. The minimum absolute atomic E-state index is 0.0925. The van der Waals surface area contributed by atoms with Crippen molar-refractivity contribution in [1.29, 1.82) is 0 Å². The quantitative estimate of drug-likeness (QED) is 0.843. The van der Waals surface area contributed by atoms with Gasteiger partial charge in [-0.15, -0.1) is 11.3 Å². The predicted octanol–water partition coefficient (Wildman–Crippen LogP) is 0.970. The second-order valence-corrected chi connectivity index (χ2v) is 4.69. The van der Waals surface area contributed by atoms with Crippen molar-refractivity contribution in [2.45, 2.75) is 12.8 Å². The van der Waals surface area contributed by atoms with Crippen molar-refractivity contribution in [3.8, 4) is 0 Å². The number of carboxylic acid groups (broad SMARTS) is 1. The summed E-state index contributed by atoms with van der Waals surface area (Å²) in [4.78, 5) is 28.6. The fourth-order valence-electron chi connectivity index (χ4n) is 1.78. The third-order valence-corrected chi connectivity index (χ3v) is 3.66. The molecular weight excluding hydrogens is 242 g/mol. The molecule has 0 bridgehead atoms. The lowest BCUT2D eigenvalue weighted by Crippen LogP contribution is -2.52. The molecular formula is C10H13N3O3S. The number of nitrogens with zero attached hydrogens (tertiary/aromatic N) is 2. The molecule has 6 nitrogen and oxygen atoms in total. The van der Waals surface area contributed by atoms with Gasteiger partial charge < -0.3 is 15.3 Å². The van der Waals surface area contributed by atoms with Crippen molar-refractivity contribution in [3.05, 3.63) is 16.1 Å². The first-order valence-electron chi connectivity index (χ1n) is 5.33. The molecule has 0 aliphatic carbocycles. The standard InChI is InChI=1S/C10H13N3O3S/c1-2-11-10(16)13-3-6(4-13)8-7(9(14)15)12-5-17-8/h5-6H,2-4H2,1H3,(H,11,16)(H,14,15). The topological polar surface area (TPSA) is 82.5 Å². The molecule has 7 heteroatoms. The Hall–Kier alpha value is -1.63. The molecule has 92 valence electrons. The van der Waals surface area contributed by atoms with Crippen LogP contribution in [0.2, 0.25) is 0 Å². The minimum Gasteiger partial charge on any atom is -0.476 e. The Bertz CT molecular complexity index is 440. The van der Waals surface area contributed by atoms with E-state index in [4.69, 9.17) is 5.11 Å². The largest absolute Gasteiger partial charge is 0.476 e. The van der Waals surface area contributed by atoms with E-state index in [-0.39, 0.29) is 17.6 Å². The number of rotatable bonds is 3. The van der Waals surface area contributed by atoms with Gasteiger partial charge in [0.15, 0.2) is 5.69 Å². The second kappa shape index (κ2) is 4.70. The number of carbonyl (C=O) groups is 2. The van der Waals surface area contributed by atoms with Crippen LogP contribution in [0.1, 0.15) is 28.2 Å². The van der Waals surface area contributed by atoms with E-state index in [1.807, 2.05) is 6.92 Å². The van der Waals surface area contributed by atoms with Gasteiger partial charge in [-0.2, -0.15) is 0 Å². The number of aromatic carboxylic acids is 1. The molecule has 1 aliphatic rings. The van der Waals surface area contributed by atoms with Gasteiger partial charge in [-0.3, -0.25) is 0 Å². The number of amides is 2. The summed E-state index contributed by atoms with van der Waals surface area (Å²) in [6, 6.07) is -0.0925. The van der Waals surface area contributed by atoms with Crippen LogP contribution >= 0.6 is 11.3 Å². The third kappa shape index (κ3) is 2.23. The molecule has 0 atom stereocenters. The molecule has 17 heavy (non-hydrogen) atoms. The fourth-order valence-corrected chi connectivity index (χ4v) is 2.64. The third-order valence-electron chi connectivity index (χ3n) is 2.66. The Balaban J connectivity index is 1.97. The molecule has 2 heterocycles. The number of aromatic nitrogens is 1. The van der Waals surface area contributed by atoms with Crippen molar-refractivity contribution in [3.63, 3.8) is 0 Å². The molecule has 0 radical (unpaired) electrons. The van der Waals surface area contributed by atoms with Gasteiger partial charge in [0.25, 0.3) is 0 Å². The van der Waals surface area contributed by atoms with Crippen molar-refractivity contribution in [1.82, 2.24) is 15.2 Å². The molecule has 0 spiro atoms. The van der Waals surface area contributed by atoms with Gasteiger partial charge in [0.1, 0.15) is 0 Å².